The number of hydrogen-bond acceptors (Lipinski definition) is 6. The summed E-state index contributed by atoms with van der Waals surface area (Å²) in [4.78, 5) is 22.0. The molecule has 6 nitrogen and oxygen atoms in total. The quantitative estimate of drug-likeness (QED) is 0.838. The number of aromatic nitrogens is 4. The first-order valence-electron chi connectivity index (χ1n) is 9.08. The fourth-order valence-electron chi connectivity index (χ4n) is 3.97. The van der Waals surface area contributed by atoms with Crippen LogP contribution in [-0.4, -0.2) is 45.1 Å². The van der Waals surface area contributed by atoms with Crippen LogP contribution in [0.1, 0.15) is 48.8 Å². The molecule has 4 fully saturated rings. The van der Waals surface area contributed by atoms with E-state index in [0.29, 0.717) is 11.6 Å². The zero-order chi connectivity index (χ0) is 17.8. The van der Waals surface area contributed by atoms with Crippen molar-refractivity contribution in [3.63, 3.8) is 0 Å². The summed E-state index contributed by atoms with van der Waals surface area (Å²) in [6, 6.07) is 3.86. The summed E-state index contributed by atoms with van der Waals surface area (Å²) in [6.45, 7) is 3.52. The van der Waals surface area contributed by atoms with Crippen LogP contribution >= 0.6 is 0 Å². The Hall–Kier alpha value is -2.38. The summed E-state index contributed by atoms with van der Waals surface area (Å²) >= 11 is 0. The van der Waals surface area contributed by atoms with Crippen molar-refractivity contribution in [1.82, 2.24) is 19.9 Å². The van der Waals surface area contributed by atoms with Gasteiger partial charge in [0.2, 0.25) is 5.95 Å². The van der Waals surface area contributed by atoms with E-state index in [1.807, 2.05) is 13.0 Å². The molecule has 8 heteroatoms. The summed E-state index contributed by atoms with van der Waals surface area (Å²) in [7, 11) is 0. The van der Waals surface area contributed by atoms with Gasteiger partial charge in [-0.05, 0) is 32.3 Å². The molecule has 2 unspecified atom stereocenters. The van der Waals surface area contributed by atoms with Gasteiger partial charge in [0.1, 0.15) is 17.3 Å². The first kappa shape index (κ1) is 15.8. The Morgan fingerprint density at radius 3 is 2.54 bits per heavy atom. The van der Waals surface area contributed by atoms with Gasteiger partial charge < -0.3 is 9.80 Å². The van der Waals surface area contributed by atoms with Crippen molar-refractivity contribution in [3.05, 3.63) is 35.5 Å². The normalized spacial score (nSPS) is 24.8. The van der Waals surface area contributed by atoms with E-state index in [-0.39, 0.29) is 23.7 Å². The maximum Gasteiger partial charge on any atom is 0.280 e. The number of aryl methyl sites for hydroxylation is 1. The molecular weight excluding hydrogens is 338 g/mol. The van der Waals surface area contributed by atoms with Gasteiger partial charge in [0.25, 0.3) is 6.43 Å². The van der Waals surface area contributed by atoms with E-state index in [1.165, 1.54) is 6.07 Å². The Balaban J connectivity index is 1.40. The fraction of sp³-hybridized carbons (Fsp3) is 0.556. The topological polar surface area (TPSA) is 58.0 Å². The molecule has 3 aliphatic heterocycles. The third kappa shape index (κ3) is 2.68. The minimum atomic E-state index is -2.56. The largest absolute Gasteiger partial charge is 0.347 e. The zero-order valence-electron chi connectivity index (χ0n) is 14.5. The van der Waals surface area contributed by atoms with Crippen molar-refractivity contribution < 1.29 is 8.78 Å². The molecule has 1 saturated carbocycles. The van der Waals surface area contributed by atoms with Gasteiger partial charge in [-0.1, -0.05) is 0 Å². The molecule has 136 valence electrons. The van der Waals surface area contributed by atoms with Crippen LogP contribution in [0.3, 0.4) is 0 Å². The van der Waals surface area contributed by atoms with Gasteiger partial charge in [0.05, 0.1) is 12.1 Å². The third-order valence-corrected chi connectivity index (χ3v) is 5.44. The third-order valence-electron chi connectivity index (χ3n) is 5.44. The molecule has 4 aliphatic rings. The van der Waals surface area contributed by atoms with Crippen LogP contribution < -0.4 is 9.80 Å². The molecule has 0 amide bonds. The van der Waals surface area contributed by atoms with Gasteiger partial charge in [-0.2, -0.15) is 0 Å². The molecule has 3 saturated heterocycles. The first-order valence-corrected chi connectivity index (χ1v) is 9.08. The summed E-state index contributed by atoms with van der Waals surface area (Å²) in [5, 5.41) is 0. The Kier molecular flexibility index (Phi) is 3.55. The molecule has 2 aromatic heterocycles. The van der Waals surface area contributed by atoms with Gasteiger partial charge >= 0.3 is 0 Å². The van der Waals surface area contributed by atoms with Gasteiger partial charge in [0.15, 0.2) is 0 Å². The molecule has 0 radical (unpaired) electrons. The molecule has 2 atom stereocenters. The molecule has 26 heavy (non-hydrogen) atoms. The maximum absolute atomic E-state index is 13.3. The van der Waals surface area contributed by atoms with Crippen molar-refractivity contribution in [1.29, 1.82) is 0 Å². The van der Waals surface area contributed by atoms with Crippen LogP contribution in [0.4, 0.5) is 20.5 Å². The lowest BCUT2D eigenvalue weighted by atomic mass is 9.87. The molecule has 5 heterocycles. The summed E-state index contributed by atoms with van der Waals surface area (Å²) < 4.78 is 26.5. The Bertz CT molecular complexity index is 808. The van der Waals surface area contributed by atoms with Crippen LogP contribution in [-0.2, 0) is 0 Å². The van der Waals surface area contributed by atoms with E-state index in [1.54, 1.807) is 6.20 Å². The number of anilines is 2. The van der Waals surface area contributed by atoms with Gasteiger partial charge in [-0.3, -0.25) is 0 Å². The van der Waals surface area contributed by atoms with E-state index in [9.17, 15) is 8.78 Å². The van der Waals surface area contributed by atoms with Crippen LogP contribution in [0, 0.1) is 6.92 Å². The van der Waals surface area contributed by atoms with Gasteiger partial charge in [-0.15, -0.1) is 0 Å². The highest BCUT2D eigenvalue weighted by Gasteiger charge is 2.46. The average Bonchev–Trinajstić information content (AvgIpc) is 3.46. The summed E-state index contributed by atoms with van der Waals surface area (Å²) in [5.74, 6) is 2.24. The number of alkyl halides is 2. The summed E-state index contributed by atoms with van der Waals surface area (Å²) in [5.41, 5.74) is 0.790. The van der Waals surface area contributed by atoms with Crippen molar-refractivity contribution in [2.45, 2.75) is 50.6 Å². The van der Waals surface area contributed by atoms with Gasteiger partial charge in [-0.25, -0.2) is 28.7 Å². The predicted molar refractivity (Wildman–Crippen MR) is 92.6 cm³/mol. The number of nitrogens with zero attached hydrogens (tertiary/aromatic N) is 6. The second kappa shape index (κ2) is 5.82. The molecule has 0 aromatic carbocycles. The second-order valence-corrected chi connectivity index (χ2v) is 7.44. The number of piperidine rings is 1. The van der Waals surface area contributed by atoms with Gasteiger partial charge in [0, 0.05) is 37.0 Å². The standard InChI is InChI=1S/C18H20F2N6/c1-10-4-5-21-18(22-10)25-8-12-6-13(9-25)26(12)15-7-14(16(19)20)23-17(24-15)11-2-3-11/h4-5,7,11-13,16H,2-3,6,8-9H2,1H3. The van der Waals surface area contributed by atoms with Crippen LogP contribution in [0.2, 0.25) is 0 Å². The Morgan fingerprint density at radius 1 is 1.12 bits per heavy atom. The highest BCUT2D eigenvalue weighted by Crippen LogP contribution is 2.42. The lowest BCUT2D eigenvalue weighted by Crippen LogP contribution is -2.69. The monoisotopic (exact) mass is 358 g/mol. The Labute approximate surface area is 150 Å². The van der Waals surface area contributed by atoms with Crippen LogP contribution in [0.25, 0.3) is 0 Å². The number of fused-ring (bicyclic) bond motifs is 2. The fourth-order valence-corrected chi connectivity index (χ4v) is 3.97. The lowest BCUT2D eigenvalue weighted by Gasteiger charge is -2.57. The highest BCUT2D eigenvalue weighted by molar-refractivity contribution is 5.51. The lowest BCUT2D eigenvalue weighted by molar-refractivity contribution is 0.145. The van der Waals surface area contributed by atoms with Crippen LogP contribution in [0.15, 0.2) is 18.3 Å². The smallest absolute Gasteiger partial charge is 0.280 e. The van der Waals surface area contributed by atoms with Crippen molar-refractivity contribution in [3.8, 4) is 0 Å². The molecule has 6 rings (SSSR count). The van der Waals surface area contributed by atoms with Crippen LogP contribution in [0.5, 0.6) is 0 Å². The minimum absolute atomic E-state index is 0.152. The SMILES string of the molecule is Cc1ccnc(N2CC3CC(C2)N3c2cc(C(F)F)nc(C3CC3)n2)n1. The van der Waals surface area contributed by atoms with E-state index >= 15 is 0 Å². The maximum atomic E-state index is 13.3. The van der Waals surface area contributed by atoms with E-state index in [4.69, 9.17) is 0 Å². The molecule has 0 spiro atoms. The molecular formula is C18H20F2N6. The van der Waals surface area contributed by atoms with Crippen molar-refractivity contribution >= 4 is 11.8 Å². The van der Waals surface area contributed by atoms with Crippen molar-refractivity contribution in [2.24, 2.45) is 0 Å². The predicted octanol–water partition coefficient (Wildman–Crippen LogP) is 2.86. The van der Waals surface area contributed by atoms with E-state index in [0.717, 1.165) is 44.0 Å². The number of hydrogen-bond donors (Lipinski definition) is 0. The molecule has 2 aromatic rings. The highest BCUT2D eigenvalue weighted by atomic mass is 19.3. The number of halogens is 2. The number of rotatable bonds is 4. The minimum Gasteiger partial charge on any atom is -0.347 e. The van der Waals surface area contributed by atoms with E-state index in [2.05, 4.69) is 29.7 Å². The zero-order valence-corrected chi connectivity index (χ0v) is 14.5. The second-order valence-electron chi connectivity index (χ2n) is 7.44. The summed E-state index contributed by atoms with van der Waals surface area (Å²) in [6.07, 6.45) is 2.26. The number of piperazine rings is 1. The average molecular weight is 358 g/mol. The molecule has 1 aliphatic carbocycles. The van der Waals surface area contributed by atoms with E-state index < -0.39 is 6.43 Å². The molecule has 0 N–H and O–H groups in total. The molecule has 2 bridgehead atoms. The van der Waals surface area contributed by atoms with Crippen molar-refractivity contribution in [2.75, 3.05) is 22.9 Å². The first-order chi connectivity index (χ1) is 12.6. The Morgan fingerprint density at radius 2 is 1.88 bits per heavy atom.